The van der Waals surface area contributed by atoms with Gasteiger partial charge < -0.3 is 0 Å². The summed E-state index contributed by atoms with van der Waals surface area (Å²) in [5.41, 5.74) is 0. The van der Waals surface area contributed by atoms with Gasteiger partial charge in [-0.15, -0.1) is 0 Å². The zero-order valence-corrected chi connectivity index (χ0v) is 27.2. The monoisotopic (exact) mass is 527 g/mol. The Bertz CT molecular complexity index is 655. The molecule has 0 N–H and O–H groups in total. The minimum atomic E-state index is 0.913. The molecule has 222 valence electrons. The SMILES string of the molecule is CCC1CC(C2CCC(C)C2)CCC1C.CCCCC1C(C)CC2CCCC2C1C1CCC(C(C)C)CC1. The number of fused-ring (bicyclic) bond motifs is 1. The van der Waals surface area contributed by atoms with E-state index in [9.17, 15) is 0 Å². The topological polar surface area (TPSA) is 0 Å². The fourth-order valence-electron chi connectivity index (χ4n) is 11.2. The van der Waals surface area contributed by atoms with Crippen LogP contribution in [0.1, 0.15) is 164 Å². The van der Waals surface area contributed by atoms with Crippen molar-refractivity contribution in [2.45, 2.75) is 164 Å². The lowest BCUT2D eigenvalue weighted by Gasteiger charge is -2.50. The highest BCUT2D eigenvalue weighted by atomic mass is 14.5. The van der Waals surface area contributed by atoms with Crippen LogP contribution < -0.4 is 0 Å². The summed E-state index contributed by atoms with van der Waals surface area (Å²) in [6.07, 6.45) is 27.4. The second kappa shape index (κ2) is 14.8. The molecule has 5 aliphatic rings. The van der Waals surface area contributed by atoms with Crippen LogP contribution in [0.2, 0.25) is 0 Å². The van der Waals surface area contributed by atoms with E-state index in [4.69, 9.17) is 0 Å². The molecule has 5 saturated carbocycles. The first-order chi connectivity index (χ1) is 18.3. The van der Waals surface area contributed by atoms with Gasteiger partial charge in [-0.1, -0.05) is 93.4 Å². The molecule has 0 aromatic rings. The maximum Gasteiger partial charge on any atom is -0.0324 e. The van der Waals surface area contributed by atoms with Crippen molar-refractivity contribution in [2.24, 2.45) is 76.9 Å². The zero-order chi connectivity index (χ0) is 27.2. The van der Waals surface area contributed by atoms with E-state index in [2.05, 4.69) is 48.5 Å². The molecule has 38 heavy (non-hydrogen) atoms. The molecule has 0 saturated heterocycles. The van der Waals surface area contributed by atoms with Crippen molar-refractivity contribution in [1.29, 1.82) is 0 Å². The number of rotatable bonds is 7. The third-order valence-corrected chi connectivity index (χ3v) is 13.6. The number of hydrogen-bond donors (Lipinski definition) is 0. The molecule has 0 heterocycles. The predicted octanol–water partition coefficient (Wildman–Crippen LogP) is 12.2. The normalized spacial score (nSPS) is 45.5. The number of unbranched alkanes of at least 4 members (excludes halogenated alkanes) is 1. The van der Waals surface area contributed by atoms with Crippen molar-refractivity contribution in [3.8, 4) is 0 Å². The van der Waals surface area contributed by atoms with Crippen LogP contribution in [0.25, 0.3) is 0 Å². The summed E-state index contributed by atoms with van der Waals surface area (Å²) in [4.78, 5) is 0. The van der Waals surface area contributed by atoms with Crippen LogP contribution >= 0.6 is 0 Å². The summed E-state index contributed by atoms with van der Waals surface area (Å²) in [5, 5.41) is 0. The van der Waals surface area contributed by atoms with Crippen LogP contribution in [0.15, 0.2) is 0 Å². The van der Waals surface area contributed by atoms with E-state index in [0.717, 1.165) is 76.9 Å². The van der Waals surface area contributed by atoms with Gasteiger partial charge in [0.25, 0.3) is 0 Å². The van der Waals surface area contributed by atoms with Gasteiger partial charge in [0.1, 0.15) is 0 Å². The molecule has 0 nitrogen and oxygen atoms in total. The quantitative estimate of drug-likeness (QED) is 0.309. The fourth-order valence-corrected chi connectivity index (χ4v) is 11.2. The summed E-state index contributed by atoms with van der Waals surface area (Å²) in [5.74, 6) is 13.7. The van der Waals surface area contributed by atoms with Crippen molar-refractivity contribution in [3.05, 3.63) is 0 Å². The molecule has 0 radical (unpaired) electrons. The molecule has 10 unspecified atom stereocenters. The molecule has 0 amide bonds. The second-order valence-corrected chi connectivity index (χ2v) is 16.3. The largest absolute Gasteiger partial charge is 0.0654 e. The van der Waals surface area contributed by atoms with Gasteiger partial charge in [0.05, 0.1) is 0 Å². The lowest BCUT2D eigenvalue weighted by Crippen LogP contribution is -2.42. The van der Waals surface area contributed by atoms with Crippen LogP contribution in [0.3, 0.4) is 0 Å². The molecular formula is C38H70. The van der Waals surface area contributed by atoms with E-state index >= 15 is 0 Å². The van der Waals surface area contributed by atoms with Crippen molar-refractivity contribution < 1.29 is 0 Å². The van der Waals surface area contributed by atoms with Crippen molar-refractivity contribution >= 4 is 0 Å². The molecule has 0 aromatic heterocycles. The molecule has 0 bridgehead atoms. The molecule has 5 rings (SSSR count). The summed E-state index contributed by atoms with van der Waals surface area (Å²) in [6.45, 7) is 17.2. The van der Waals surface area contributed by atoms with E-state index in [1.807, 2.05) is 0 Å². The van der Waals surface area contributed by atoms with Gasteiger partial charge in [0.2, 0.25) is 0 Å². The lowest BCUT2D eigenvalue weighted by molar-refractivity contribution is -0.00486. The Labute approximate surface area is 240 Å². The van der Waals surface area contributed by atoms with Gasteiger partial charge in [-0.05, 0) is 148 Å². The second-order valence-electron chi connectivity index (χ2n) is 16.3. The summed E-state index contributed by atoms with van der Waals surface area (Å²) in [6, 6.07) is 0. The minimum absolute atomic E-state index is 0.913. The average molecular weight is 527 g/mol. The van der Waals surface area contributed by atoms with Crippen LogP contribution in [0.5, 0.6) is 0 Å². The Hall–Kier alpha value is 0. The Balaban J connectivity index is 0.000000194. The minimum Gasteiger partial charge on any atom is -0.0654 e. The van der Waals surface area contributed by atoms with E-state index in [-0.39, 0.29) is 0 Å². The lowest BCUT2D eigenvalue weighted by atomic mass is 9.56. The highest BCUT2D eigenvalue weighted by molar-refractivity contribution is 4.97. The molecular weight excluding hydrogens is 456 g/mol. The third kappa shape index (κ3) is 7.64. The summed E-state index contributed by atoms with van der Waals surface area (Å²) >= 11 is 0. The van der Waals surface area contributed by atoms with Crippen LogP contribution in [0, 0.1) is 76.9 Å². The highest BCUT2D eigenvalue weighted by Crippen LogP contribution is 2.56. The third-order valence-electron chi connectivity index (χ3n) is 13.6. The van der Waals surface area contributed by atoms with E-state index in [1.54, 1.807) is 44.9 Å². The van der Waals surface area contributed by atoms with Crippen molar-refractivity contribution in [1.82, 2.24) is 0 Å². The number of hydrogen-bond acceptors (Lipinski definition) is 0. The molecule has 5 fully saturated rings. The maximum absolute atomic E-state index is 2.61. The van der Waals surface area contributed by atoms with Gasteiger partial charge in [-0.2, -0.15) is 0 Å². The molecule has 0 aromatic carbocycles. The first-order valence-electron chi connectivity index (χ1n) is 18.3. The summed E-state index contributed by atoms with van der Waals surface area (Å²) in [7, 11) is 0. The summed E-state index contributed by atoms with van der Waals surface area (Å²) < 4.78 is 0. The Morgan fingerprint density at radius 1 is 0.632 bits per heavy atom. The Morgan fingerprint density at radius 3 is 1.95 bits per heavy atom. The van der Waals surface area contributed by atoms with Gasteiger partial charge in [-0.3, -0.25) is 0 Å². The van der Waals surface area contributed by atoms with E-state index in [1.165, 1.54) is 70.6 Å². The Kier molecular flexibility index (Phi) is 12.0. The van der Waals surface area contributed by atoms with Gasteiger partial charge in [0.15, 0.2) is 0 Å². The smallest absolute Gasteiger partial charge is 0.0324 e. The standard InChI is InChI=1S/C23H42.C15H28/c1-5-6-9-21-17(4)15-20-8-7-10-22(20)23(21)19-13-11-18(12-14-19)16(2)3;1-4-13-10-15(8-6-12(13)3)14-7-5-11(2)9-14/h16-23H,5-15H2,1-4H3;11-15H,4-10H2,1-3H3. The molecule has 5 aliphatic carbocycles. The molecule has 0 spiro atoms. The van der Waals surface area contributed by atoms with Crippen LogP contribution in [0.4, 0.5) is 0 Å². The molecule has 10 atom stereocenters. The highest BCUT2D eigenvalue weighted by Gasteiger charge is 2.47. The van der Waals surface area contributed by atoms with E-state index < -0.39 is 0 Å². The first-order valence-corrected chi connectivity index (χ1v) is 18.3. The fraction of sp³-hybridized carbons (Fsp3) is 1.00. The zero-order valence-electron chi connectivity index (χ0n) is 27.2. The maximum atomic E-state index is 2.61. The first kappa shape index (κ1) is 30.9. The van der Waals surface area contributed by atoms with Crippen molar-refractivity contribution in [3.63, 3.8) is 0 Å². The van der Waals surface area contributed by atoms with Crippen LogP contribution in [-0.4, -0.2) is 0 Å². The van der Waals surface area contributed by atoms with E-state index in [0.29, 0.717) is 0 Å². The Morgan fingerprint density at radius 2 is 1.32 bits per heavy atom. The van der Waals surface area contributed by atoms with Crippen molar-refractivity contribution in [2.75, 3.05) is 0 Å². The predicted molar refractivity (Wildman–Crippen MR) is 168 cm³/mol. The van der Waals surface area contributed by atoms with Gasteiger partial charge in [0, 0.05) is 0 Å². The van der Waals surface area contributed by atoms with Crippen LogP contribution in [-0.2, 0) is 0 Å². The average Bonchev–Trinajstić information content (AvgIpc) is 3.56. The molecule has 0 aliphatic heterocycles. The van der Waals surface area contributed by atoms with Gasteiger partial charge in [-0.25, -0.2) is 0 Å². The van der Waals surface area contributed by atoms with Gasteiger partial charge >= 0.3 is 0 Å². The molecule has 0 heteroatoms.